The van der Waals surface area contributed by atoms with Crippen LogP contribution in [0.1, 0.15) is 0 Å². The number of nitrogens with two attached hydrogens (primary N) is 3. The van der Waals surface area contributed by atoms with Crippen molar-refractivity contribution < 1.29 is 0 Å². The summed E-state index contributed by atoms with van der Waals surface area (Å²) in [6, 6.07) is 0. The molecule has 1 aliphatic heterocycles. The second-order valence-electron chi connectivity index (χ2n) is 1.68. The predicted octanol–water partition coefficient (Wildman–Crippen LogP) is -2.54. The maximum absolute atomic E-state index is 5.24. The quantitative estimate of drug-likeness (QED) is 0.269. The number of hydrogen-bond acceptors (Lipinski definition) is 6. The molecule has 0 saturated carbocycles. The average molecular weight is 128 g/mol. The van der Waals surface area contributed by atoms with Gasteiger partial charge in [-0.3, -0.25) is 11.5 Å². The zero-order chi connectivity index (χ0) is 6.91. The van der Waals surface area contributed by atoms with E-state index < -0.39 is 5.91 Å². The molecule has 0 unspecified atom stereocenters. The molecule has 1 aliphatic rings. The van der Waals surface area contributed by atoms with Gasteiger partial charge in [-0.2, -0.15) is 4.99 Å². The smallest absolute Gasteiger partial charge is 0.263 e. The molecule has 1 rings (SSSR count). The molecule has 0 saturated heterocycles. The van der Waals surface area contributed by atoms with Crippen LogP contribution < -0.4 is 22.5 Å². The van der Waals surface area contributed by atoms with Crippen molar-refractivity contribution >= 4 is 12.3 Å². The van der Waals surface area contributed by atoms with Gasteiger partial charge in [0.05, 0.1) is 6.34 Å². The first-order valence-corrected chi connectivity index (χ1v) is 2.33. The van der Waals surface area contributed by atoms with E-state index >= 15 is 0 Å². The maximum Gasteiger partial charge on any atom is 0.263 e. The van der Waals surface area contributed by atoms with Crippen LogP contribution in [0.4, 0.5) is 0 Å². The molecule has 0 aromatic heterocycles. The van der Waals surface area contributed by atoms with Crippen LogP contribution in [0, 0.1) is 0 Å². The lowest BCUT2D eigenvalue weighted by Gasteiger charge is -2.17. The summed E-state index contributed by atoms with van der Waals surface area (Å²) in [6.07, 6.45) is 1.31. The Balaban J connectivity index is 2.78. The van der Waals surface area contributed by atoms with E-state index in [1.54, 1.807) is 0 Å². The summed E-state index contributed by atoms with van der Waals surface area (Å²) >= 11 is 0. The van der Waals surface area contributed by atoms with Gasteiger partial charge in [-0.1, -0.05) is 0 Å². The number of rotatable bonds is 0. The van der Waals surface area contributed by atoms with E-state index in [0.717, 1.165) is 0 Å². The van der Waals surface area contributed by atoms with Gasteiger partial charge in [0.2, 0.25) is 0 Å². The van der Waals surface area contributed by atoms with Crippen molar-refractivity contribution in [1.82, 2.24) is 5.32 Å². The van der Waals surface area contributed by atoms with Gasteiger partial charge in [0.15, 0.2) is 5.96 Å². The molecular formula is C3H8N6. The average Bonchev–Trinajstić information content (AvgIpc) is 1.60. The molecule has 9 heavy (non-hydrogen) atoms. The second kappa shape index (κ2) is 1.67. The minimum absolute atomic E-state index is 0.176. The summed E-state index contributed by atoms with van der Waals surface area (Å²) in [5.74, 6) is -1.20. The highest BCUT2D eigenvalue weighted by Crippen LogP contribution is 1.94. The van der Waals surface area contributed by atoms with Crippen molar-refractivity contribution in [1.29, 1.82) is 0 Å². The van der Waals surface area contributed by atoms with Gasteiger partial charge in [-0.15, -0.1) is 0 Å². The Kier molecular flexibility index (Phi) is 1.11. The Labute approximate surface area is 51.8 Å². The first-order valence-electron chi connectivity index (χ1n) is 2.33. The lowest BCUT2D eigenvalue weighted by atomic mass is 10.6. The minimum Gasteiger partial charge on any atom is -0.370 e. The molecule has 50 valence electrons. The highest BCUT2D eigenvalue weighted by molar-refractivity contribution is 5.90. The van der Waals surface area contributed by atoms with Crippen LogP contribution in [0.15, 0.2) is 9.98 Å². The topological polar surface area (TPSA) is 115 Å². The van der Waals surface area contributed by atoms with Crippen molar-refractivity contribution in [2.75, 3.05) is 0 Å². The van der Waals surface area contributed by atoms with Crippen LogP contribution in [0.25, 0.3) is 0 Å². The SMILES string of the molecule is NC1=NC(N)(N)N=CN1. The molecule has 7 N–H and O–H groups in total. The minimum atomic E-state index is -1.38. The molecule has 0 aromatic carbocycles. The third-order valence-corrected chi connectivity index (χ3v) is 0.783. The van der Waals surface area contributed by atoms with Crippen LogP contribution in [-0.2, 0) is 0 Å². The van der Waals surface area contributed by atoms with Gasteiger partial charge < -0.3 is 11.1 Å². The Morgan fingerprint density at radius 2 is 2.22 bits per heavy atom. The number of guanidine groups is 1. The van der Waals surface area contributed by atoms with Crippen molar-refractivity contribution in [3.05, 3.63) is 0 Å². The number of nitrogens with zero attached hydrogens (tertiary/aromatic N) is 2. The maximum atomic E-state index is 5.24. The molecule has 6 heteroatoms. The normalized spacial score (nSPS) is 22.7. The molecule has 6 nitrogen and oxygen atoms in total. The van der Waals surface area contributed by atoms with Gasteiger partial charge in [0, 0.05) is 0 Å². The van der Waals surface area contributed by atoms with Crippen LogP contribution in [0.2, 0.25) is 0 Å². The van der Waals surface area contributed by atoms with Crippen LogP contribution in [0.5, 0.6) is 0 Å². The molecule has 1 heterocycles. The molecule has 0 aromatic rings. The van der Waals surface area contributed by atoms with E-state index in [1.165, 1.54) is 6.34 Å². The predicted molar refractivity (Wildman–Crippen MR) is 34.4 cm³/mol. The molecule has 0 amide bonds. The largest absolute Gasteiger partial charge is 0.370 e. The van der Waals surface area contributed by atoms with Gasteiger partial charge in [-0.25, -0.2) is 4.99 Å². The first kappa shape index (κ1) is 5.99. The first-order chi connectivity index (χ1) is 4.10. The van der Waals surface area contributed by atoms with Crippen molar-refractivity contribution in [2.24, 2.45) is 27.2 Å². The fraction of sp³-hybridized carbons (Fsp3) is 0.333. The molecular weight excluding hydrogens is 120 g/mol. The summed E-state index contributed by atoms with van der Waals surface area (Å²) in [5.41, 5.74) is 15.7. The van der Waals surface area contributed by atoms with Crippen LogP contribution in [-0.4, -0.2) is 18.2 Å². The van der Waals surface area contributed by atoms with Gasteiger partial charge in [0.25, 0.3) is 5.91 Å². The zero-order valence-corrected chi connectivity index (χ0v) is 4.70. The Morgan fingerprint density at radius 3 is 2.56 bits per heavy atom. The molecule has 0 spiro atoms. The Morgan fingerprint density at radius 1 is 1.56 bits per heavy atom. The van der Waals surface area contributed by atoms with Crippen molar-refractivity contribution in [2.45, 2.75) is 5.91 Å². The summed E-state index contributed by atoms with van der Waals surface area (Å²) in [6.45, 7) is 0. The van der Waals surface area contributed by atoms with E-state index in [0.29, 0.717) is 0 Å². The van der Waals surface area contributed by atoms with Gasteiger partial charge in [0.1, 0.15) is 0 Å². The molecule has 0 atom stereocenters. The molecule has 0 bridgehead atoms. The number of hydrogen-bond donors (Lipinski definition) is 4. The standard InChI is InChI=1S/C3H8N6/c4-2-7-1-8-3(5,6)9-2/h1H,5-6H2,(H3,4,7,8,9). The Hall–Kier alpha value is -1.14. The number of aliphatic imine (C=N–C) groups is 2. The molecule has 0 fully saturated rings. The van der Waals surface area contributed by atoms with Gasteiger partial charge in [-0.05, 0) is 0 Å². The highest BCUT2D eigenvalue weighted by Gasteiger charge is 2.17. The third kappa shape index (κ3) is 1.37. The third-order valence-electron chi connectivity index (χ3n) is 0.783. The molecule has 0 aliphatic carbocycles. The van der Waals surface area contributed by atoms with E-state index in [9.17, 15) is 0 Å². The fourth-order valence-electron chi connectivity index (χ4n) is 0.456. The summed E-state index contributed by atoms with van der Waals surface area (Å²) in [7, 11) is 0. The van der Waals surface area contributed by atoms with E-state index in [-0.39, 0.29) is 5.96 Å². The van der Waals surface area contributed by atoms with Crippen molar-refractivity contribution in [3.63, 3.8) is 0 Å². The second-order valence-corrected chi connectivity index (χ2v) is 1.68. The fourth-order valence-corrected chi connectivity index (χ4v) is 0.456. The number of nitrogens with one attached hydrogen (secondary N) is 1. The Bertz CT molecular complexity index is 167. The monoisotopic (exact) mass is 128 g/mol. The van der Waals surface area contributed by atoms with Crippen LogP contribution >= 0.6 is 0 Å². The van der Waals surface area contributed by atoms with Crippen molar-refractivity contribution in [3.8, 4) is 0 Å². The van der Waals surface area contributed by atoms with Crippen LogP contribution in [0.3, 0.4) is 0 Å². The van der Waals surface area contributed by atoms with Gasteiger partial charge >= 0.3 is 0 Å². The zero-order valence-electron chi connectivity index (χ0n) is 4.70. The summed E-state index contributed by atoms with van der Waals surface area (Å²) in [4.78, 5) is 7.12. The molecule has 0 radical (unpaired) electrons. The lowest BCUT2D eigenvalue weighted by Crippen LogP contribution is -2.52. The van der Waals surface area contributed by atoms with E-state index in [2.05, 4.69) is 15.3 Å². The summed E-state index contributed by atoms with van der Waals surface area (Å²) < 4.78 is 0. The highest BCUT2D eigenvalue weighted by atomic mass is 15.4. The van der Waals surface area contributed by atoms with E-state index in [1.807, 2.05) is 0 Å². The lowest BCUT2D eigenvalue weighted by molar-refractivity contribution is 0.485. The van der Waals surface area contributed by atoms with E-state index in [4.69, 9.17) is 17.2 Å². The summed E-state index contributed by atoms with van der Waals surface area (Å²) in [5, 5.41) is 2.51.